The van der Waals surface area contributed by atoms with Crippen molar-refractivity contribution >= 4 is 34.9 Å². The third kappa shape index (κ3) is 3.74. The Morgan fingerprint density at radius 3 is 2.81 bits per heavy atom. The highest BCUT2D eigenvalue weighted by molar-refractivity contribution is 7.10. The van der Waals surface area contributed by atoms with E-state index in [2.05, 4.69) is 6.07 Å². The van der Waals surface area contributed by atoms with E-state index >= 15 is 0 Å². The molecule has 0 fully saturated rings. The van der Waals surface area contributed by atoms with E-state index in [0.29, 0.717) is 11.6 Å². The molecule has 0 saturated carbocycles. The van der Waals surface area contributed by atoms with E-state index in [0.717, 1.165) is 41.3 Å². The number of carbonyl (C=O) groups excluding carboxylic acids is 1. The second kappa shape index (κ2) is 7.48. The maximum Gasteiger partial charge on any atom is 0.246 e. The minimum atomic E-state index is 0.0427. The number of fused-ring (bicyclic) bond motifs is 1. The molecular formula is C20H18ClN3OS. The van der Waals surface area contributed by atoms with Crippen LogP contribution in [0.1, 0.15) is 17.0 Å². The van der Waals surface area contributed by atoms with Crippen LogP contribution in [0.25, 0.3) is 17.3 Å². The Morgan fingerprint density at radius 2 is 2.04 bits per heavy atom. The van der Waals surface area contributed by atoms with E-state index in [9.17, 15) is 4.79 Å². The van der Waals surface area contributed by atoms with E-state index in [1.165, 1.54) is 0 Å². The smallest absolute Gasteiger partial charge is 0.246 e. The Morgan fingerprint density at radius 1 is 1.19 bits per heavy atom. The Labute approximate surface area is 161 Å². The molecule has 0 spiro atoms. The van der Waals surface area contributed by atoms with Gasteiger partial charge in [-0.1, -0.05) is 29.8 Å². The fraction of sp³-hybridized carbons (Fsp3) is 0.200. The van der Waals surface area contributed by atoms with Crippen LogP contribution in [0.2, 0.25) is 5.02 Å². The average molecular weight is 384 g/mol. The van der Waals surface area contributed by atoms with Crippen molar-refractivity contribution < 1.29 is 4.79 Å². The molecule has 3 aromatic rings. The molecule has 26 heavy (non-hydrogen) atoms. The molecule has 0 bridgehead atoms. The summed E-state index contributed by atoms with van der Waals surface area (Å²) < 4.78 is 2.01. The molecule has 2 aromatic heterocycles. The first kappa shape index (κ1) is 17.1. The van der Waals surface area contributed by atoms with Crippen molar-refractivity contribution in [3.8, 4) is 11.3 Å². The van der Waals surface area contributed by atoms with Gasteiger partial charge in [0, 0.05) is 34.6 Å². The van der Waals surface area contributed by atoms with Gasteiger partial charge in [-0.3, -0.25) is 9.48 Å². The van der Waals surface area contributed by atoms with E-state index in [1.807, 2.05) is 57.4 Å². The molecule has 0 unspecified atom stereocenters. The summed E-state index contributed by atoms with van der Waals surface area (Å²) in [6.45, 7) is 2.14. The molecule has 1 amide bonds. The van der Waals surface area contributed by atoms with Crippen LogP contribution in [0.3, 0.4) is 0 Å². The standard InChI is InChI=1S/C20H18ClN3OS/c21-16-6-4-15(5-7-16)19-13-17-14-23(10-2-11-24(17)22-19)20(25)9-8-18-3-1-12-26-18/h1,3-9,12-13H,2,10-11,14H2. The molecule has 1 aromatic carbocycles. The number of thiophene rings is 1. The zero-order chi connectivity index (χ0) is 17.9. The average Bonchev–Trinajstić information content (AvgIpc) is 3.26. The fourth-order valence-electron chi connectivity index (χ4n) is 3.06. The summed E-state index contributed by atoms with van der Waals surface area (Å²) in [6.07, 6.45) is 4.44. The number of hydrogen-bond donors (Lipinski definition) is 0. The van der Waals surface area contributed by atoms with Crippen molar-refractivity contribution in [1.82, 2.24) is 14.7 Å². The van der Waals surface area contributed by atoms with Crippen LogP contribution in [-0.2, 0) is 17.9 Å². The molecule has 6 heteroatoms. The molecule has 1 aliphatic rings. The third-order valence-corrected chi connectivity index (χ3v) is 5.49. The second-order valence-electron chi connectivity index (χ2n) is 6.21. The van der Waals surface area contributed by atoms with Crippen molar-refractivity contribution in [3.05, 3.63) is 69.5 Å². The van der Waals surface area contributed by atoms with Gasteiger partial charge in [0.05, 0.1) is 17.9 Å². The molecule has 0 saturated heterocycles. The number of halogens is 1. The van der Waals surface area contributed by atoms with Gasteiger partial charge in [-0.05, 0) is 42.1 Å². The Kier molecular flexibility index (Phi) is 4.91. The van der Waals surface area contributed by atoms with E-state index in [4.69, 9.17) is 16.7 Å². The molecule has 0 aliphatic carbocycles. The van der Waals surface area contributed by atoms with E-state index in [1.54, 1.807) is 17.4 Å². The van der Waals surface area contributed by atoms with Crippen molar-refractivity contribution in [3.63, 3.8) is 0 Å². The number of nitrogens with zero attached hydrogens (tertiary/aromatic N) is 3. The number of rotatable bonds is 3. The highest BCUT2D eigenvalue weighted by Gasteiger charge is 2.19. The van der Waals surface area contributed by atoms with E-state index in [-0.39, 0.29) is 5.91 Å². The molecule has 4 rings (SSSR count). The monoisotopic (exact) mass is 383 g/mol. The van der Waals surface area contributed by atoms with Gasteiger partial charge in [-0.15, -0.1) is 11.3 Å². The van der Waals surface area contributed by atoms with Crippen molar-refractivity contribution in [2.75, 3.05) is 6.54 Å². The molecular weight excluding hydrogens is 366 g/mol. The zero-order valence-electron chi connectivity index (χ0n) is 14.1. The van der Waals surface area contributed by atoms with Gasteiger partial charge in [0.25, 0.3) is 0 Å². The van der Waals surface area contributed by atoms with Crippen LogP contribution < -0.4 is 0 Å². The lowest BCUT2D eigenvalue weighted by atomic mass is 10.1. The normalized spacial score (nSPS) is 14.4. The van der Waals surface area contributed by atoms with Crippen LogP contribution in [-0.4, -0.2) is 27.1 Å². The quantitative estimate of drug-likeness (QED) is 0.614. The fourth-order valence-corrected chi connectivity index (χ4v) is 3.80. The highest BCUT2D eigenvalue weighted by atomic mass is 35.5. The molecule has 0 atom stereocenters. The SMILES string of the molecule is O=C(C=Cc1cccs1)N1CCCn2nc(-c3ccc(Cl)cc3)cc2C1. The first-order valence-electron chi connectivity index (χ1n) is 8.52. The lowest BCUT2D eigenvalue weighted by molar-refractivity contribution is -0.126. The Hall–Kier alpha value is -2.37. The predicted octanol–water partition coefficient (Wildman–Crippen LogP) is 4.71. The van der Waals surface area contributed by atoms with Gasteiger partial charge in [0.1, 0.15) is 0 Å². The molecule has 132 valence electrons. The number of carbonyl (C=O) groups is 1. The number of aromatic nitrogens is 2. The summed E-state index contributed by atoms with van der Waals surface area (Å²) in [5.41, 5.74) is 3.01. The summed E-state index contributed by atoms with van der Waals surface area (Å²) in [5.74, 6) is 0.0427. The second-order valence-corrected chi connectivity index (χ2v) is 7.63. The van der Waals surface area contributed by atoms with Crippen LogP contribution >= 0.6 is 22.9 Å². The van der Waals surface area contributed by atoms with E-state index < -0.39 is 0 Å². The highest BCUT2D eigenvalue weighted by Crippen LogP contribution is 2.24. The molecule has 0 N–H and O–H groups in total. The summed E-state index contributed by atoms with van der Waals surface area (Å²) in [4.78, 5) is 15.5. The molecule has 4 nitrogen and oxygen atoms in total. The lowest BCUT2D eigenvalue weighted by Gasteiger charge is -2.17. The third-order valence-electron chi connectivity index (χ3n) is 4.40. The number of aryl methyl sites for hydroxylation is 1. The van der Waals surface area contributed by atoms with Gasteiger partial charge in [-0.25, -0.2) is 0 Å². The zero-order valence-corrected chi connectivity index (χ0v) is 15.7. The Balaban J connectivity index is 1.52. The van der Waals surface area contributed by atoms with Gasteiger partial charge in [0.15, 0.2) is 0 Å². The maximum absolute atomic E-state index is 12.6. The van der Waals surface area contributed by atoms with Gasteiger partial charge in [0.2, 0.25) is 5.91 Å². The maximum atomic E-state index is 12.6. The number of benzene rings is 1. The molecule has 0 radical (unpaired) electrons. The summed E-state index contributed by atoms with van der Waals surface area (Å²) in [7, 11) is 0. The van der Waals surface area contributed by atoms with Crippen LogP contribution in [0.4, 0.5) is 0 Å². The van der Waals surface area contributed by atoms with Crippen molar-refractivity contribution in [1.29, 1.82) is 0 Å². The van der Waals surface area contributed by atoms with Crippen molar-refractivity contribution in [2.45, 2.75) is 19.5 Å². The predicted molar refractivity (Wildman–Crippen MR) is 106 cm³/mol. The van der Waals surface area contributed by atoms with Crippen LogP contribution in [0.5, 0.6) is 0 Å². The minimum absolute atomic E-state index is 0.0427. The lowest BCUT2D eigenvalue weighted by Crippen LogP contribution is -2.29. The number of amides is 1. The van der Waals surface area contributed by atoms with Gasteiger partial charge >= 0.3 is 0 Å². The topological polar surface area (TPSA) is 38.1 Å². The largest absolute Gasteiger partial charge is 0.333 e. The first-order valence-corrected chi connectivity index (χ1v) is 9.78. The molecule has 1 aliphatic heterocycles. The minimum Gasteiger partial charge on any atom is -0.333 e. The van der Waals surface area contributed by atoms with Gasteiger partial charge < -0.3 is 4.90 Å². The van der Waals surface area contributed by atoms with Gasteiger partial charge in [-0.2, -0.15) is 5.10 Å². The van der Waals surface area contributed by atoms with Crippen LogP contribution in [0.15, 0.2) is 53.9 Å². The van der Waals surface area contributed by atoms with Crippen LogP contribution in [0, 0.1) is 0 Å². The summed E-state index contributed by atoms with van der Waals surface area (Å²) in [5, 5.41) is 7.43. The summed E-state index contributed by atoms with van der Waals surface area (Å²) >= 11 is 7.59. The summed E-state index contributed by atoms with van der Waals surface area (Å²) in [6, 6.07) is 13.7. The number of hydrogen-bond acceptors (Lipinski definition) is 3. The Bertz CT molecular complexity index is 929. The molecule has 3 heterocycles. The first-order chi connectivity index (χ1) is 12.7. The van der Waals surface area contributed by atoms with Crippen molar-refractivity contribution in [2.24, 2.45) is 0 Å².